The molecule has 2 N–H and O–H groups in total. The number of imidazole rings is 1. The number of nitrogens with zero attached hydrogens (tertiary/aromatic N) is 2. The van der Waals surface area contributed by atoms with Crippen LogP contribution in [0.2, 0.25) is 0 Å². The molecule has 1 aromatic carbocycles. The summed E-state index contributed by atoms with van der Waals surface area (Å²) in [6, 6.07) is 5.56. The van der Waals surface area contributed by atoms with Gasteiger partial charge in [-0.1, -0.05) is 0 Å². The molecule has 6 heteroatoms. The first-order chi connectivity index (χ1) is 9.65. The smallest absolute Gasteiger partial charge is 0.303 e. The zero-order chi connectivity index (χ0) is 14.5. The predicted molar refractivity (Wildman–Crippen MR) is 73.9 cm³/mol. The van der Waals surface area contributed by atoms with Crippen LogP contribution in [0.15, 0.2) is 18.2 Å². The van der Waals surface area contributed by atoms with Crippen molar-refractivity contribution in [2.75, 3.05) is 13.2 Å². The molecule has 0 fully saturated rings. The van der Waals surface area contributed by atoms with Gasteiger partial charge in [0.2, 0.25) is 0 Å². The second kappa shape index (κ2) is 6.38. The fourth-order valence-electron chi connectivity index (χ4n) is 2.18. The van der Waals surface area contributed by atoms with Crippen molar-refractivity contribution in [1.82, 2.24) is 9.55 Å². The molecule has 0 bridgehead atoms. The lowest BCUT2D eigenvalue weighted by atomic mass is 10.3. The van der Waals surface area contributed by atoms with E-state index in [2.05, 4.69) is 4.98 Å². The molecule has 0 atom stereocenters. The third-order valence-electron chi connectivity index (χ3n) is 3.00. The monoisotopic (exact) mass is 278 g/mol. The molecular weight excluding hydrogens is 260 g/mol. The summed E-state index contributed by atoms with van der Waals surface area (Å²) >= 11 is 0. The molecule has 0 aliphatic carbocycles. The van der Waals surface area contributed by atoms with Gasteiger partial charge in [0.1, 0.15) is 11.6 Å². The zero-order valence-electron chi connectivity index (χ0n) is 11.4. The van der Waals surface area contributed by atoms with E-state index in [4.69, 9.17) is 14.9 Å². The molecule has 6 nitrogen and oxygen atoms in total. The van der Waals surface area contributed by atoms with Crippen molar-refractivity contribution in [3.63, 3.8) is 0 Å². The van der Waals surface area contributed by atoms with E-state index in [0.717, 1.165) is 16.8 Å². The minimum atomic E-state index is -0.859. The summed E-state index contributed by atoms with van der Waals surface area (Å²) in [5, 5.41) is 17.9. The maximum absolute atomic E-state index is 10.7. The predicted octanol–water partition coefficient (Wildman–Crippen LogP) is 1.44. The highest BCUT2D eigenvalue weighted by atomic mass is 16.5. The van der Waals surface area contributed by atoms with Crippen LogP contribution in [0.4, 0.5) is 0 Å². The van der Waals surface area contributed by atoms with Crippen LogP contribution in [-0.2, 0) is 17.8 Å². The van der Waals surface area contributed by atoms with E-state index >= 15 is 0 Å². The number of rotatable bonds is 7. The molecule has 20 heavy (non-hydrogen) atoms. The standard InChI is InChI=1S/C14H18N2O4/c1-2-20-10-3-4-12-11(9-10)15-13(5-6-14(18)19)16(12)7-8-17/h3-4,9,17H,2,5-8H2,1H3,(H,18,19). The first kappa shape index (κ1) is 14.3. The van der Waals surface area contributed by atoms with Gasteiger partial charge in [0.05, 0.1) is 30.7 Å². The number of carbonyl (C=O) groups is 1. The van der Waals surface area contributed by atoms with Crippen molar-refractivity contribution in [2.24, 2.45) is 0 Å². The van der Waals surface area contributed by atoms with Crippen molar-refractivity contribution in [2.45, 2.75) is 26.3 Å². The van der Waals surface area contributed by atoms with Gasteiger partial charge in [0, 0.05) is 19.0 Å². The van der Waals surface area contributed by atoms with Crippen molar-refractivity contribution in [3.05, 3.63) is 24.0 Å². The molecule has 0 spiro atoms. The van der Waals surface area contributed by atoms with E-state index in [9.17, 15) is 4.79 Å². The molecule has 0 radical (unpaired) electrons. The summed E-state index contributed by atoms with van der Waals surface area (Å²) in [4.78, 5) is 15.1. The lowest BCUT2D eigenvalue weighted by molar-refractivity contribution is -0.137. The summed E-state index contributed by atoms with van der Waals surface area (Å²) in [5.74, 6) is 0.547. The molecule has 2 aromatic rings. The van der Waals surface area contributed by atoms with Crippen LogP contribution < -0.4 is 4.74 Å². The quantitative estimate of drug-likeness (QED) is 0.800. The molecule has 0 unspecified atom stereocenters. The number of carboxylic acids is 1. The molecule has 0 amide bonds. The van der Waals surface area contributed by atoms with Crippen LogP contribution in [0.1, 0.15) is 19.2 Å². The SMILES string of the molecule is CCOc1ccc2c(c1)nc(CCC(=O)O)n2CCO. The average molecular weight is 278 g/mol. The molecule has 2 rings (SSSR count). The van der Waals surface area contributed by atoms with E-state index in [1.165, 1.54) is 0 Å². The topological polar surface area (TPSA) is 84.6 Å². The number of aromatic nitrogens is 2. The first-order valence-electron chi connectivity index (χ1n) is 6.60. The number of aryl methyl sites for hydroxylation is 1. The molecule has 0 saturated carbocycles. The Hall–Kier alpha value is -2.08. The van der Waals surface area contributed by atoms with Crippen molar-refractivity contribution < 1.29 is 19.7 Å². The molecule has 0 saturated heterocycles. The fourth-order valence-corrected chi connectivity index (χ4v) is 2.18. The van der Waals surface area contributed by atoms with Crippen molar-refractivity contribution >= 4 is 17.0 Å². The van der Waals surface area contributed by atoms with Crippen LogP contribution in [0.5, 0.6) is 5.75 Å². The van der Waals surface area contributed by atoms with Gasteiger partial charge in [-0.05, 0) is 19.1 Å². The Bertz CT molecular complexity index is 606. The number of aliphatic hydroxyl groups is 1. The van der Waals surface area contributed by atoms with Crippen molar-refractivity contribution in [1.29, 1.82) is 0 Å². The Balaban J connectivity index is 2.39. The molecule has 0 aliphatic heterocycles. The number of aliphatic carboxylic acids is 1. The summed E-state index contributed by atoms with van der Waals surface area (Å²) in [5.41, 5.74) is 1.63. The normalized spacial score (nSPS) is 10.9. The van der Waals surface area contributed by atoms with E-state index in [0.29, 0.717) is 25.4 Å². The van der Waals surface area contributed by atoms with E-state index in [1.807, 2.05) is 29.7 Å². The number of hydrogen-bond acceptors (Lipinski definition) is 4. The maximum atomic E-state index is 10.7. The van der Waals surface area contributed by atoms with Crippen LogP contribution in [0, 0.1) is 0 Å². The highest BCUT2D eigenvalue weighted by molar-refractivity contribution is 5.78. The number of benzene rings is 1. The van der Waals surface area contributed by atoms with Crippen LogP contribution >= 0.6 is 0 Å². The Morgan fingerprint density at radius 3 is 2.90 bits per heavy atom. The molecular formula is C14H18N2O4. The van der Waals surface area contributed by atoms with Gasteiger partial charge in [-0.15, -0.1) is 0 Å². The van der Waals surface area contributed by atoms with Crippen molar-refractivity contribution in [3.8, 4) is 5.75 Å². The number of carboxylic acid groups (broad SMARTS) is 1. The summed E-state index contributed by atoms with van der Waals surface area (Å²) in [7, 11) is 0. The molecule has 0 aliphatic rings. The lowest BCUT2D eigenvalue weighted by Gasteiger charge is -2.07. The Labute approximate surface area is 116 Å². The number of hydrogen-bond donors (Lipinski definition) is 2. The van der Waals surface area contributed by atoms with Crippen LogP contribution in [-0.4, -0.2) is 38.9 Å². The van der Waals surface area contributed by atoms with Crippen LogP contribution in [0.3, 0.4) is 0 Å². The second-order valence-corrected chi connectivity index (χ2v) is 4.38. The highest BCUT2D eigenvalue weighted by Gasteiger charge is 2.12. The van der Waals surface area contributed by atoms with Gasteiger partial charge in [-0.25, -0.2) is 4.98 Å². The van der Waals surface area contributed by atoms with Gasteiger partial charge in [0.15, 0.2) is 0 Å². The average Bonchev–Trinajstić information content (AvgIpc) is 2.75. The maximum Gasteiger partial charge on any atom is 0.303 e. The Morgan fingerprint density at radius 2 is 2.25 bits per heavy atom. The second-order valence-electron chi connectivity index (χ2n) is 4.38. The third kappa shape index (κ3) is 3.08. The Kier molecular flexibility index (Phi) is 4.57. The highest BCUT2D eigenvalue weighted by Crippen LogP contribution is 2.22. The summed E-state index contributed by atoms with van der Waals surface area (Å²) in [6.07, 6.45) is 0.362. The van der Waals surface area contributed by atoms with Gasteiger partial charge in [-0.2, -0.15) is 0 Å². The number of ether oxygens (including phenoxy) is 1. The molecule has 1 heterocycles. The minimum absolute atomic E-state index is 0.0151. The third-order valence-corrected chi connectivity index (χ3v) is 3.00. The summed E-state index contributed by atoms with van der Waals surface area (Å²) in [6.45, 7) is 2.87. The van der Waals surface area contributed by atoms with E-state index in [1.54, 1.807) is 0 Å². The molecule has 1 aromatic heterocycles. The summed E-state index contributed by atoms with van der Waals surface area (Å²) < 4.78 is 7.28. The zero-order valence-corrected chi connectivity index (χ0v) is 11.4. The number of aliphatic hydroxyl groups excluding tert-OH is 1. The van der Waals surface area contributed by atoms with Gasteiger partial charge < -0.3 is 19.5 Å². The van der Waals surface area contributed by atoms with E-state index in [-0.39, 0.29) is 13.0 Å². The Morgan fingerprint density at radius 1 is 1.45 bits per heavy atom. The molecule has 108 valence electrons. The number of fused-ring (bicyclic) bond motifs is 1. The minimum Gasteiger partial charge on any atom is -0.494 e. The van der Waals surface area contributed by atoms with E-state index < -0.39 is 5.97 Å². The fraction of sp³-hybridized carbons (Fsp3) is 0.429. The lowest BCUT2D eigenvalue weighted by Crippen LogP contribution is -2.09. The van der Waals surface area contributed by atoms with Crippen LogP contribution in [0.25, 0.3) is 11.0 Å². The van der Waals surface area contributed by atoms with Gasteiger partial charge in [-0.3, -0.25) is 4.79 Å². The van der Waals surface area contributed by atoms with Gasteiger partial charge >= 0.3 is 5.97 Å². The first-order valence-corrected chi connectivity index (χ1v) is 6.60. The van der Waals surface area contributed by atoms with Gasteiger partial charge in [0.25, 0.3) is 0 Å². The largest absolute Gasteiger partial charge is 0.494 e.